The Morgan fingerprint density at radius 1 is 0.895 bits per heavy atom. The normalized spacial score (nSPS) is 16.2. The number of carboxylic acids is 1. The molecule has 9 nitrogen and oxygen atoms in total. The standard InChI is InChI=1S/C29H25N5O4/c1-3-32(18-24(35)36)21-16-14-20(15-17-21)30-26-19(2)25-27(33(29(26)38)22-10-6-4-7-11-22)31-34(28(25)37)23-12-8-5-9-13-23/h4-17H,3,18H2,1-2H3,(H,35,36). The molecule has 3 aromatic carbocycles. The topological polar surface area (TPSA) is 106 Å². The monoisotopic (exact) mass is 507 g/mol. The number of anilines is 3. The lowest BCUT2D eigenvalue weighted by atomic mass is 9.96. The maximum absolute atomic E-state index is 13.9. The molecule has 190 valence electrons. The quantitative estimate of drug-likeness (QED) is 0.511. The van der Waals surface area contributed by atoms with E-state index in [0.717, 1.165) is 5.69 Å². The second kappa shape index (κ2) is 10.1. The van der Waals surface area contributed by atoms with Crippen LogP contribution < -0.4 is 14.8 Å². The van der Waals surface area contributed by atoms with Gasteiger partial charge >= 0.3 is 5.97 Å². The van der Waals surface area contributed by atoms with E-state index in [4.69, 9.17) is 5.11 Å². The van der Waals surface area contributed by atoms with Gasteiger partial charge in [0.1, 0.15) is 12.3 Å². The van der Waals surface area contributed by atoms with E-state index in [-0.39, 0.29) is 24.0 Å². The Kier molecular flexibility index (Phi) is 6.57. The molecule has 2 amide bonds. The molecule has 9 heteroatoms. The number of amidine groups is 1. The molecule has 0 radical (unpaired) electrons. The molecule has 5 rings (SSSR count). The van der Waals surface area contributed by atoms with Gasteiger partial charge in [-0.25, -0.2) is 4.99 Å². The summed E-state index contributed by atoms with van der Waals surface area (Å²) < 4.78 is 0. The van der Waals surface area contributed by atoms with Gasteiger partial charge in [0.15, 0.2) is 5.84 Å². The molecule has 0 saturated heterocycles. The summed E-state index contributed by atoms with van der Waals surface area (Å²) in [6, 6.07) is 25.1. The minimum Gasteiger partial charge on any atom is -0.480 e. The maximum Gasteiger partial charge on any atom is 0.323 e. The van der Waals surface area contributed by atoms with Crippen molar-refractivity contribution < 1.29 is 19.5 Å². The van der Waals surface area contributed by atoms with E-state index < -0.39 is 11.9 Å². The number of hydrogen-bond donors (Lipinski definition) is 1. The van der Waals surface area contributed by atoms with Gasteiger partial charge in [-0.1, -0.05) is 36.4 Å². The van der Waals surface area contributed by atoms with E-state index in [2.05, 4.69) is 10.1 Å². The molecule has 0 bridgehead atoms. The van der Waals surface area contributed by atoms with Crippen molar-refractivity contribution in [3.8, 4) is 0 Å². The summed E-state index contributed by atoms with van der Waals surface area (Å²) in [5.74, 6) is -1.40. The number of carbonyl (C=O) groups excluding carboxylic acids is 2. The van der Waals surface area contributed by atoms with Crippen molar-refractivity contribution in [1.82, 2.24) is 0 Å². The third-order valence-corrected chi connectivity index (χ3v) is 6.35. The third kappa shape index (κ3) is 4.45. The van der Waals surface area contributed by atoms with Crippen LogP contribution >= 0.6 is 0 Å². The number of hydrazone groups is 1. The fourth-order valence-electron chi connectivity index (χ4n) is 4.47. The molecule has 3 aromatic rings. The molecule has 38 heavy (non-hydrogen) atoms. The lowest BCUT2D eigenvalue weighted by molar-refractivity contribution is -0.135. The van der Waals surface area contributed by atoms with E-state index in [0.29, 0.717) is 34.8 Å². The summed E-state index contributed by atoms with van der Waals surface area (Å²) in [6.07, 6.45) is 0. The Morgan fingerprint density at radius 2 is 1.50 bits per heavy atom. The first-order valence-corrected chi connectivity index (χ1v) is 12.1. The van der Waals surface area contributed by atoms with Crippen molar-refractivity contribution in [2.24, 2.45) is 10.1 Å². The first kappa shape index (κ1) is 24.6. The van der Waals surface area contributed by atoms with Gasteiger partial charge in [-0.05, 0) is 68.0 Å². The average Bonchev–Trinajstić information content (AvgIpc) is 3.28. The van der Waals surface area contributed by atoms with E-state index in [1.165, 1.54) is 9.91 Å². The zero-order chi connectivity index (χ0) is 26.8. The van der Waals surface area contributed by atoms with E-state index in [9.17, 15) is 14.4 Å². The summed E-state index contributed by atoms with van der Waals surface area (Å²) in [7, 11) is 0. The lowest BCUT2D eigenvalue weighted by Crippen LogP contribution is -2.47. The number of carboxylic acid groups (broad SMARTS) is 1. The zero-order valence-electron chi connectivity index (χ0n) is 20.9. The van der Waals surface area contributed by atoms with Crippen LogP contribution in [0.2, 0.25) is 0 Å². The van der Waals surface area contributed by atoms with Gasteiger partial charge in [0.05, 0.1) is 22.6 Å². The molecule has 0 atom stereocenters. The Bertz CT molecular complexity index is 1490. The van der Waals surface area contributed by atoms with Gasteiger partial charge in [0.25, 0.3) is 11.8 Å². The Hall–Kier alpha value is -5.05. The van der Waals surface area contributed by atoms with Crippen LogP contribution in [0, 0.1) is 0 Å². The summed E-state index contributed by atoms with van der Waals surface area (Å²) >= 11 is 0. The lowest BCUT2D eigenvalue weighted by Gasteiger charge is -2.28. The van der Waals surface area contributed by atoms with Crippen LogP contribution in [-0.2, 0) is 14.4 Å². The minimum absolute atomic E-state index is 0.123. The summed E-state index contributed by atoms with van der Waals surface area (Å²) in [5.41, 5.74) is 3.28. The minimum atomic E-state index is -0.921. The number of benzene rings is 3. The third-order valence-electron chi connectivity index (χ3n) is 6.35. The first-order chi connectivity index (χ1) is 18.4. The molecule has 2 heterocycles. The van der Waals surface area contributed by atoms with Crippen LogP contribution in [0.15, 0.2) is 106 Å². The number of para-hydroxylation sites is 2. The van der Waals surface area contributed by atoms with E-state index in [1.54, 1.807) is 60.4 Å². The second-order valence-corrected chi connectivity index (χ2v) is 8.74. The number of amides is 2. The van der Waals surface area contributed by atoms with Crippen LogP contribution in [0.1, 0.15) is 13.8 Å². The van der Waals surface area contributed by atoms with E-state index in [1.807, 2.05) is 43.3 Å². The molecule has 2 aliphatic rings. The first-order valence-electron chi connectivity index (χ1n) is 12.1. The number of aliphatic imine (C=N–C) groups is 1. The molecule has 0 spiro atoms. The molecular weight excluding hydrogens is 482 g/mol. The zero-order valence-corrected chi connectivity index (χ0v) is 20.9. The van der Waals surface area contributed by atoms with Crippen LogP contribution in [-0.4, -0.2) is 47.5 Å². The second-order valence-electron chi connectivity index (χ2n) is 8.74. The van der Waals surface area contributed by atoms with Crippen molar-refractivity contribution in [1.29, 1.82) is 0 Å². The van der Waals surface area contributed by atoms with Crippen LogP contribution in [0.25, 0.3) is 0 Å². The average molecular weight is 508 g/mol. The number of nitrogens with zero attached hydrogens (tertiary/aromatic N) is 5. The molecule has 0 fully saturated rings. The number of aliphatic carboxylic acids is 1. The van der Waals surface area contributed by atoms with Crippen molar-refractivity contribution in [3.63, 3.8) is 0 Å². The number of likely N-dealkylation sites (N-methyl/N-ethyl adjacent to an activating group) is 1. The summed E-state index contributed by atoms with van der Waals surface area (Å²) in [6.45, 7) is 3.98. The van der Waals surface area contributed by atoms with Gasteiger partial charge in [-0.15, -0.1) is 5.10 Å². The molecule has 0 unspecified atom stereocenters. The van der Waals surface area contributed by atoms with Crippen molar-refractivity contribution in [2.45, 2.75) is 13.8 Å². The van der Waals surface area contributed by atoms with Crippen LogP contribution in [0.4, 0.5) is 22.7 Å². The number of carbonyl (C=O) groups is 3. The fraction of sp³-hybridized carbons (Fsp3) is 0.138. The summed E-state index contributed by atoms with van der Waals surface area (Å²) in [4.78, 5) is 46.4. The van der Waals surface area contributed by atoms with Crippen molar-refractivity contribution in [3.05, 3.63) is 96.1 Å². The van der Waals surface area contributed by atoms with E-state index >= 15 is 0 Å². The molecule has 0 saturated carbocycles. The predicted octanol–water partition coefficient (Wildman–Crippen LogP) is 4.39. The Labute approximate surface area is 219 Å². The molecule has 0 aromatic heterocycles. The SMILES string of the molecule is CCN(CC(=O)O)c1ccc(N=C2C(=O)N(c3ccccc3)C3=NN(c4ccccc4)C(=O)C3=C2C)cc1. The highest BCUT2D eigenvalue weighted by atomic mass is 16.4. The number of rotatable bonds is 7. The highest BCUT2D eigenvalue weighted by Gasteiger charge is 2.44. The molecule has 1 N–H and O–H groups in total. The summed E-state index contributed by atoms with van der Waals surface area (Å²) in [5, 5.41) is 15.0. The van der Waals surface area contributed by atoms with Gasteiger partial charge in [0, 0.05) is 12.2 Å². The van der Waals surface area contributed by atoms with Gasteiger partial charge in [-0.2, -0.15) is 5.01 Å². The largest absolute Gasteiger partial charge is 0.480 e. The molecular formula is C29H25N5O4. The van der Waals surface area contributed by atoms with Crippen molar-refractivity contribution >= 4 is 52.1 Å². The van der Waals surface area contributed by atoms with Crippen molar-refractivity contribution in [2.75, 3.05) is 27.9 Å². The highest BCUT2D eigenvalue weighted by Crippen LogP contribution is 2.34. The van der Waals surface area contributed by atoms with Gasteiger partial charge < -0.3 is 10.0 Å². The fourth-order valence-corrected chi connectivity index (χ4v) is 4.47. The van der Waals surface area contributed by atoms with Crippen LogP contribution in [0.3, 0.4) is 0 Å². The predicted molar refractivity (Wildman–Crippen MR) is 147 cm³/mol. The molecule has 0 aliphatic carbocycles. The Morgan fingerprint density at radius 3 is 2.08 bits per heavy atom. The van der Waals surface area contributed by atoms with Gasteiger partial charge in [-0.3, -0.25) is 19.3 Å². The van der Waals surface area contributed by atoms with Gasteiger partial charge in [0.2, 0.25) is 0 Å². The maximum atomic E-state index is 13.9. The highest BCUT2D eigenvalue weighted by molar-refractivity contribution is 6.61. The molecule has 2 aliphatic heterocycles. The smallest absolute Gasteiger partial charge is 0.323 e. The number of fused-ring (bicyclic) bond motifs is 1. The van der Waals surface area contributed by atoms with Crippen LogP contribution in [0.5, 0.6) is 0 Å². The Balaban J connectivity index is 1.59. The number of hydrogen-bond acceptors (Lipinski definition) is 6.